The molecule has 4 heteroatoms. The van der Waals surface area contributed by atoms with Crippen LogP contribution in [0.5, 0.6) is 0 Å². The summed E-state index contributed by atoms with van der Waals surface area (Å²) in [6.45, 7) is 3.01. The summed E-state index contributed by atoms with van der Waals surface area (Å²) in [5, 5.41) is -0.370. The Morgan fingerprint density at radius 1 is 1.00 bits per heavy atom. The molecular weight excluding hydrogens is 181 g/mol. The van der Waals surface area contributed by atoms with Crippen molar-refractivity contribution < 1.29 is 12.3 Å². The van der Waals surface area contributed by atoms with E-state index in [0.29, 0.717) is 11.1 Å². The molecule has 0 aliphatic heterocycles. The Kier molecular flexibility index (Phi) is 2.28. The quantitative estimate of drug-likeness (QED) is 0.471. The zero-order chi connectivity index (χ0) is 9.35. The molecule has 0 heterocycles. The molecule has 0 atom stereocenters. The molecule has 0 aliphatic rings. The number of rotatable bonds is 1. The lowest BCUT2D eigenvalue weighted by atomic mass is 10.2. The minimum Gasteiger partial charge on any atom is -0.234 e. The van der Waals surface area contributed by atoms with E-state index >= 15 is 0 Å². The van der Waals surface area contributed by atoms with Crippen molar-refractivity contribution in [3.63, 3.8) is 0 Å². The molecule has 0 fully saturated rings. The maximum absolute atomic E-state index is 12.4. The highest BCUT2D eigenvalue weighted by Gasteiger charge is 2.42. The highest BCUT2D eigenvalue weighted by atomic mass is 28.5. The Bertz CT molecular complexity index is 271. The molecule has 1 aromatic rings. The third-order valence-corrected chi connectivity index (χ3v) is 3.12. The highest BCUT2D eigenvalue weighted by Crippen LogP contribution is 2.14. The van der Waals surface area contributed by atoms with E-state index in [1.807, 2.05) is 0 Å². The van der Waals surface area contributed by atoms with Crippen LogP contribution < -0.4 is 5.19 Å². The zero-order valence-corrected chi connectivity index (χ0v) is 7.87. The monoisotopic (exact) mass is 190 g/mol. The van der Waals surface area contributed by atoms with E-state index in [1.54, 1.807) is 6.07 Å². The molecule has 0 bridgehead atoms. The van der Waals surface area contributed by atoms with Crippen LogP contribution in [0.15, 0.2) is 18.2 Å². The van der Waals surface area contributed by atoms with Gasteiger partial charge in [-0.25, -0.2) is 12.3 Å². The summed E-state index contributed by atoms with van der Waals surface area (Å²) in [6, 6.07) is 4.65. The molecule has 0 amide bonds. The molecule has 0 radical (unpaired) electrons. The van der Waals surface area contributed by atoms with E-state index in [9.17, 15) is 12.3 Å². The van der Waals surface area contributed by atoms with Gasteiger partial charge in [0, 0.05) is 5.19 Å². The fourth-order valence-corrected chi connectivity index (χ4v) is 2.32. The smallest absolute Gasteiger partial charge is 0.234 e. The lowest BCUT2D eigenvalue weighted by Crippen LogP contribution is -2.38. The molecule has 66 valence electrons. The van der Waals surface area contributed by atoms with E-state index in [-0.39, 0.29) is 5.19 Å². The Hall–Kier alpha value is -0.773. The third-order valence-electron chi connectivity index (χ3n) is 1.76. The maximum atomic E-state index is 12.4. The largest absolute Gasteiger partial charge is 0.653 e. The molecule has 12 heavy (non-hydrogen) atoms. The SMILES string of the molecule is Cc1cccc(C)c1[Si](F)(F)F. The predicted molar refractivity (Wildman–Crippen MR) is 44.6 cm³/mol. The van der Waals surface area contributed by atoms with Crippen molar-refractivity contribution in [3.05, 3.63) is 29.3 Å². The van der Waals surface area contributed by atoms with Crippen LogP contribution in [0, 0.1) is 13.8 Å². The van der Waals surface area contributed by atoms with Gasteiger partial charge in [0.25, 0.3) is 0 Å². The zero-order valence-electron chi connectivity index (χ0n) is 6.87. The van der Waals surface area contributed by atoms with E-state index in [4.69, 9.17) is 0 Å². The summed E-state index contributed by atoms with van der Waals surface area (Å²) in [5.74, 6) is 0. The van der Waals surface area contributed by atoms with Gasteiger partial charge in [-0.15, -0.1) is 0 Å². The summed E-state index contributed by atoms with van der Waals surface area (Å²) >= 11 is 0. The van der Waals surface area contributed by atoms with E-state index in [0.717, 1.165) is 0 Å². The first-order valence-corrected chi connectivity index (χ1v) is 5.19. The lowest BCUT2D eigenvalue weighted by Gasteiger charge is -2.09. The topological polar surface area (TPSA) is 0 Å². The molecular formula is C8H9F3Si. The van der Waals surface area contributed by atoms with Crippen LogP contribution >= 0.6 is 0 Å². The van der Waals surface area contributed by atoms with E-state index in [1.165, 1.54) is 26.0 Å². The number of hydrogen-bond donors (Lipinski definition) is 0. The molecule has 0 aromatic heterocycles. The molecule has 0 spiro atoms. The second-order valence-corrected chi connectivity index (χ2v) is 4.26. The van der Waals surface area contributed by atoms with Crippen molar-refractivity contribution in [1.82, 2.24) is 0 Å². The van der Waals surface area contributed by atoms with Gasteiger partial charge in [-0.1, -0.05) is 18.2 Å². The summed E-state index contributed by atoms with van der Waals surface area (Å²) in [6.07, 6.45) is 0. The van der Waals surface area contributed by atoms with Gasteiger partial charge >= 0.3 is 9.08 Å². The average molecular weight is 190 g/mol. The second kappa shape index (κ2) is 2.93. The Labute approximate surface area is 70.6 Å². The molecule has 0 N–H and O–H groups in total. The van der Waals surface area contributed by atoms with Gasteiger partial charge in [-0.05, 0) is 25.0 Å². The first kappa shape index (κ1) is 9.32. The van der Waals surface area contributed by atoms with Crippen molar-refractivity contribution in [2.75, 3.05) is 0 Å². The van der Waals surface area contributed by atoms with Gasteiger partial charge in [-0.2, -0.15) is 0 Å². The molecule has 1 aromatic carbocycles. The minimum atomic E-state index is -5.62. The lowest BCUT2D eigenvalue weighted by molar-refractivity contribution is 0.500. The molecule has 0 aliphatic carbocycles. The first-order chi connectivity index (χ1) is 5.43. The molecule has 0 nitrogen and oxygen atoms in total. The Morgan fingerprint density at radius 2 is 1.42 bits per heavy atom. The van der Waals surface area contributed by atoms with Gasteiger partial charge in [0.1, 0.15) is 0 Å². The van der Waals surface area contributed by atoms with Gasteiger partial charge in [0.15, 0.2) is 0 Å². The van der Waals surface area contributed by atoms with Crippen molar-refractivity contribution in [2.45, 2.75) is 13.8 Å². The van der Waals surface area contributed by atoms with Crippen molar-refractivity contribution >= 4 is 14.3 Å². The summed E-state index contributed by atoms with van der Waals surface area (Å²) < 4.78 is 37.3. The summed E-state index contributed by atoms with van der Waals surface area (Å²) in [7, 11) is -5.62. The second-order valence-electron chi connectivity index (χ2n) is 2.76. The van der Waals surface area contributed by atoms with Crippen LogP contribution in [0.2, 0.25) is 0 Å². The van der Waals surface area contributed by atoms with Crippen LogP contribution in [0.3, 0.4) is 0 Å². The summed E-state index contributed by atoms with van der Waals surface area (Å²) in [5.41, 5.74) is 0.684. The van der Waals surface area contributed by atoms with Gasteiger partial charge in [0.2, 0.25) is 0 Å². The average Bonchev–Trinajstić information content (AvgIpc) is 1.82. The van der Waals surface area contributed by atoms with Gasteiger partial charge < -0.3 is 0 Å². The van der Waals surface area contributed by atoms with Crippen molar-refractivity contribution in [1.29, 1.82) is 0 Å². The highest BCUT2D eigenvalue weighted by molar-refractivity contribution is 6.74. The fourth-order valence-electron chi connectivity index (χ4n) is 1.26. The Balaban J connectivity index is 3.31. The van der Waals surface area contributed by atoms with Crippen molar-refractivity contribution in [2.24, 2.45) is 0 Å². The Morgan fingerprint density at radius 3 is 1.67 bits per heavy atom. The maximum Gasteiger partial charge on any atom is 0.653 e. The fraction of sp³-hybridized carbons (Fsp3) is 0.250. The molecule has 0 saturated carbocycles. The van der Waals surface area contributed by atoms with E-state index in [2.05, 4.69) is 0 Å². The predicted octanol–water partition coefficient (Wildman–Crippen LogP) is 2.36. The molecule has 0 unspecified atom stereocenters. The number of hydrogen-bond acceptors (Lipinski definition) is 0. The summed E-state index contributed by atoms with van der Waals surface area (Å²) in [4.78, 5) is 0. The minimum absolute atomic E-state index is 0.342. The number of benzene rings is 1. The third kappa shape index (κ3) is 1.69. The van der Waals surface area contributed by atoms with Crippen LogP contribution in [-0.4, -0.2) is 9.08 Å². The standard InChI is InChI=1S/C8H9F3Si/c1-6-4-3-5-7(2)8(6)12(9,10)11/h3-5H,1-2H3. The molecule has 1 rings (SSSR count). The van der Waals surface area contributed by atoms with Crippen molar-refractivity contribution in [3.8, 4) is 0 Å². The molecule has 0 saturated heterocycles. The van der Waals surface area contributed by atoms with Crippen LogP contribution in [0.1, 0.15) is 11.1 Å². The van der Waals surface area contributed by atoms with Crippen LogP contribution in [0.4, 0.5) is 12.3 Å². The van der Waals surface area contributed by atoms with Gasteiger partial charge in [-0.3, -0.25) is 0 Å². The van der Waals surface area contributed by atoms with E-state index < -0.39 is 9.08 Å². The van der Waals surface area contributed by atoms with Crippen LogP contribution in [0.25, 0.3) is 0 Å². The first-order valence-electron chi connectivity index (χ1n) is 3.56. The normalized spacial score (nSPS) is 11.8. The number of halogens is 3. The number of aryl methyl sites for hydroxylation is 2. The van der Waals surface area contributed by atoms with Crippen LogP contribution in [-0.2, 0) is 0 Å². The van der Waals surface area contributed by atoms with Gasteiger partial charge in [0.05, 0.1) is 0 Å².